The van der Waals surface area contributed by atoms with Crippen LogP contribution in [0.4, 0.5) is 32.0 Å². The third-order valence-corrected chi connectivity index (χ3v) is 6.91. The number of para-hydroxylation sites is 1. The molecule has 4 atom stereocenters. The van der Waals surface area contributed by atoms with Crippen LogP contribution in [0.15, 0.2) is 59.6 Å². The minimum absolute atomic E-state index is 0.154. The third-order valence-electron chi connectivity index (χ3n) is 6.91. The van der Waals surface area contributed by atoms with Crippen molar-refractivity contribution in [3.63, 3.8) is 0 Å². The van der Waals surface area contributed by atoms with Crippen LogP contribution in [0.1, 0.15) is 43.7 Å². The Balaban J connectivity index is 2.08. The number of benzodiazepines with no additional fused rings is 1. The van der Waals surface area contributed by atoms with Gasteiger partial charge in [0.15, 0.2) is 6.73 Å². The van der Waals surface area contributed by atoms with Gasteiger partial charge in [-0.3, -0.25) is 24.1 Å². The standard InChI is InChI=1S/C29H31F6N5O5/c1-16(36)27(44)45-15-40-21-10-6-5-9-20(21)22(17-7-3-2-4-8-17)38-24(26(40)43)39-25(42)19(12-14-29(33,34)35)18(23(37)41)11-13-28(30,31)32/h2-10,16,18-19,24H,11-15,36H2,1H3,(H2,37,41)(H,39,42)/t16-,18-,19+,24+/m0/s1. The highest BCUT2D eigenvalue weighted by Crippen LogP contribution is 2.33. The zero-order valence-electron chi connectivity index (χ0n) is 23.9. The van der Waals surface area contributed by atoms with Crippen LogP contribution in [-0.2, 0) is 23.9 Å². The first-order valence-corrected chi connectivity index (χ1v) is 13.7. The van der Waals surface area contributed by atoms with Gasteiger partial charge in [0.2, 0.25) is 18.0 Å². The van der Waals surface area contributed by atoms with Crippen LogP contribution in [0, 0.1) is 11.8 Å². The van der Waals surface area contributed by atoms with Gasteiger partial charge in [-0.1, -0.05) is 48.5 Å². The van der Waals surface area contributed by atoms with Crippen molar-refractivity contribution >= 4 is 35.1 Å². The molecule has 2 aromatic carbocycles. The molecule has 0 saturated carbocycles. The average molecular weight is 644 g/mol. The summed E-state index contributed by atoms with van der Waals surface area (Å²) in [6.07, 6.45) is -16.9. The molecule has 5 N–H and O–H groups in total. The zero-order chi connectivity index (χ0) is 33.5. The van der Waals surface area contributed by atoms with Crippen LogP contribution >= 0.6 is 0 Å². The molecule has 1 aliphatic heterocycles. The molecule has 0 bridgehead atoms. The van der Waals surface area contributed by atoms with Gasteiger partial charge < -0.3 is 21.5 Å². The summed E-state index contributed by atoms with van der Waals surface area (Å²) in [6, 6.07) is 13.5. The highest BCUT2D eigenvalue weighted by molar-refractivity contribution is 6.20. The Kier molecular flexibility index (Phi) is 11.3. The number of hydrogen-bond donors (Lipinski definition) is 3. The summed E-state index contributed by atoms with van der Waals surface area (Å²) in [5, 5.41) is 2.21. The van der Waals surface area contributed by atoms with Crippen LogP contribution in [0.2, 0.25) is 0 Å². The van der Waals surface area contributed by atoms with E-state index in [4.69, 9.17) is 16.2 Å². The molecule has 10 nitrogen and oxygen atoms in total. The number of nitrogens with zero attached hydrogens (tertiary/aromatic N) is 2. The summed E-state index contributed by atoms with van der Waals surface area (Å²) in [5.74, 6) is -8.59. The largest absolute Gasteiger partial charge is 0.443 e. The summed E-state index contributed by atoms with van der Waals surface area (Å²) in [4.78, 5) is 57.1. The zero-order valence-corrected chi connectivity index (χ0v) is 23.9. The van der Waals surface area contributed by atoms with E-state index < -0.39 is 92.5 Å². The summed E-state index contributed by atoms with van der Waals surface area (Å²) >= 11 is 0. The number of alkyl halides is 6. The van der Waals surface area contributed by atoms with Crippen molar-refractivity contribution in [2.75, 3.05) is 11.6 Å². The lowest BCUT2D eigenvalue weighted by atomic mass is 9.83. The fourth-order valence-electron chi connectivity index (χ4n) is 4.68. The van der Waals surface area contributed by atoms with Crippen LogP contribution in [0.25, 0.3) is 0 Å². The van der Waals surface area contributed by atoms with E-state index in [1.165, 1.54) is 13.0 Å². The molecule has 0 saturated heterocycles. The van der Waals surface area contributed by atoms with Crippen molar-refractivity contribution in [1.29, 1.82) is 0 Å². The predicted molar refractivity (Wildman–Crippen MR) is 149 cm³/mol. The van der Waals surface area contributed by atoms with Crippen molar-refractivity contribution < 1.29 is 50.3 Å². The smallest absolute Gasteiger partial charge is 0.389 e. The number of anilines is 1. The van der Waals surface area contributed by atoms with E-state index in [1.54, 1.807) is 48.5 Å². The summed E-state index contributed by atoms with van der Waals surface area (Å²) < 4.78 is 83.7. The fraction of sp³-hybridized carbons (Fsp3) is 0.414. The fourth-order valence-corrected chi connectivity index (χ4v) is 4.68. The number of primary amides is 1. The lowest BCUT2D eigenvalue weighted by molar-refractivity contribution is -0.152. The van der Waals surface area contributed by atoms with E-state index in [0.29, 0.717) is 11.1 Å². The Bertz CT molecular complexity index is 1410. The molecule has 0 aliphatic carbocycles. The molecule has 16 heteroatoms. The van der Waals surface area contributed by atoms with Crippen molar-refractivity contribution in [3.05, 3.63) is 65.7 Å². The maximum atomic E-state index is 13.9. The summed E-state index contributed by atoms with van der Waals surface area (Å²) in [5.41, 5.74) is 12.0. The average Bonchev–Trinajstić information content (AvgIpc) is 3.06. The first-order chi connectivity index (χ1) is 21.0. The van der Waals surface area contributed by atoms with E-state index >= 15 is 0 Å². The van der Waals surface area contributed by atoms with Gasteiger partial charge in [0, 0.05) is 35.8 Å². The second kappa shape index (κ2) is 14.5. The van der Waals surface area contributed by atoms with Gasteiger partial charge in [-0.05, 0) is 25.8 Å². The predicted octanol–water partition coefficient (Wildman–Crippen LogP) is 3.56. The Labute approximate surface area is 253 Å². The van der Waals surface area contributed by atoms with E-state index in [1.807, 2.05) is 0 Å². The number of halogens is 6. The molecule has 0 aromatic heterocycles. The van der Waals surface area contributed by atoms with Gasteiger partial charge in [-0.25, -0.2) is 4.99 Å². The number of nitrogens with two attached hydrogens (primary N) is 2. The van der Waals surface area contributed by atoms with Gasteiger partial charge in [-0.15, -0.1) is 0 Å². The monoisotopic (exact) mass is 643 g/mol. The number of esters is 1. The Morgan fingerprint density at radius 2 is 1.49 bits per heavy atom. The number of nitrogens with one attached hydrogen (secondary N) is 1. The maximum absolute atomic E-state index is 13.9. The van der Waals surface area contributed by atoms with Crippen LogP contribution < -0.4 is 21.7 Å². The van der Waals surface area contributed by atoms with Gasteiger partial charge >= 0.3 is 18.3 Å². The molecule has 45 heavy (non-hydrogen) atoms. The maximum Gasteiger partial charge on any atom is 0.389 e. The Hall–Kier alpha value is -4.47. The molecule has 3 amide bonds. The minimum atomic E-state index is -4.83. The van der Waals surface area contributed by atoms with Gasteiger partial charge in [0.1, 0.15) is 6.04 Å². The Morgan fingerprint density at radius 1 is 0.933 bits per heavy atom. The number of carbonyl (C=O) groups is 4. The van der Waals surface area contributed by atoms with E-state index in [0.717, 1.165) is 4.90 Å². The number of amides is 3. The number of hydrogen-bond acceptors (Lipinski definition) is 7. The number of rotatable bonds is 12. The lowest BCUT2D eigenvalue weighted by Gasteiger charge is -2.28. The van der Waals surface area contributed by atoms with E-state index in [-0.39, 0.29) is 11.4 Å². The normalized spacial score (nSPS) is 17.3. The quantitative estimate of drug-likeness (QED) is 0.237. The summed E-state index contributed by atoms with van der Waals surface area (Å²) in [6.45, 7) is 0.641. The lowest BCUT2D eigenvalue weighted by Crippen LogP contribution is -2.51. The number of benzene rings is 2. The molecular weight excluding hydrogens is 612 g/mol. The SMILES string of the molecule is C[C@H](N)C(=O)OCN1C(=O)[C@@H](NC(=O)[C@H](CCC(F)(F)F)[C@H](CCC(F)(F)F)C(N)=O)N=C(c2ccccc2)c2ccccc21. The molecule has 0 fully saturated rings. The molecule has 3 rings (SSSR count). The second-order valence-electron chi connectivity index (χ2n) is 10.3. The van der Waals surface area contributed by atoms with Crippen molar-refractivity contribution in [1.82, 2.24) is 5.32 Å². The first kappa shape index (κ1) is 35.0. The minimum Gasteiger partial charge on any atom is -0.443 e. The Morgan fingerprint density at radius 3 is 2.04 bits per heavy atom. The molecule has 2 aromatic rings. The first-order valence-electron chi connectivity index (χ1n) is 13.7. The molecule has 244 valence electrons. The molecule has 0 unspecified atom stereocenters. The van der Waals surface area contributed by atoms with Gasteiger partial charge in [0.05, 0.1) is 11.4 Å². The molecule has 1 aliphatic rings. The number of carbonyl (C=O) groups excluding carboxylic acids is 4. The second-order valence-corrected chi connectivity index (χ2v) is 10.3. The van der Waals surface area contributed by atoms with E-state index in [2.05, 4.69) is 10.3 Å². The molecular formula is C29H31F6N5O5. The van der Waals surface area contributed by atoms with Crippen molar-refractivity contribution in [3.8, 4) is 0 Å². The number of ether oxygens (including phenoxy) is 1. The van der Waals surface area contributed by atoms with Crippen LogP contribution in [0.5, 0.6) is 0 Å². The molecule has 0 spiro atoms. The van der Waals surface area contributed by atoms with E-state index in [9.17, 15) is 45.5 Å². The van der Waals surface area contributed by atoms with Crippen molar-refractivity contribution in [2.45, 2.75) is 57.2 Å². The van der Waals surface area contributed by atoms with Crippen LogP contribution in [0.3, 0.4) is 0 Å². The van der Waals surface area contributed by atoms with Gasteiger partial charge in [-0.2, -0.15) is 26.3 Å². The topological polar surface area (TPSA) is 157 Å². The number of fused-ring (bicyclic) bond motifs is 1. The third kappa shape index (κ3) is 9.76. The van der Waals surface area contributed by atoms with Crippen molar-refractivity contribution in [2.24, 2.45) is 28.3 Å². The highest BCUT2D eigenvalue weighted by Gasteiger charge is 2.41. The van der Waals surface area contributed by atoms with Crippen LogP contribution in [-0.4, -0.2) is 60.7 Å². The highest BCUT2D eigenvalue weighted by atomic mass is 19.4. The molecule has 1 heterocycles. The van der Waals surface area contributed by atoms with Gasteiger partial charge in [0.25, 0.3) is 5.91 Å². The summed E-state index contributed by atoms with van der Waals surface area (Å²) in [7, 11) is 0. The molecule has 0 radical (unpaired) electrons. The number of aliphatic imine (C=N–C) groups is 1.